The summed E-state index contributed by atoms with van der Waals surface area (Å²) in [6.07, 6.45) is 7.89. The molecule has 0 amide bonds. The summed E-state index contributed by atoms with van der Waals surface area (Å²) in [5.74, 6) is -0.0979. The molecule has 38 heavy (non-hydrogen) atoms. The predicted octanol–water partition coefficient (Wildman–Crippen LogP) is 6.43. The van der Waals surface area contributed by atoms with E-state index in [1.54, 1.807) is 31.4 Å². The van der Waals surface area contributed by atoms with Crippen molar-refractivity contribution in [3.8, 4) is 11.1 Å². The van der Waals surface area contributed by atoms with Gasteiger partial charge in [0.15, 0.2) is 4.24 Å². The summed E-state index contributed by atoms with van der Waals surface area (Å²) in [5, 5.41) is 3.10. The van der Waals surface area contributed by atoms with Gasteiger partial charge in [-0.05, 0) is 64.9 Å². The van der Waals surface area contributed by atoms with Crippen LogP contribution in [0.3, 0.4) is 0 Å². The van der Waals surface area contributed by atoms with Crippen molar-refractivity contribution in [1.29, 1.82) is 0 Å². The van der Waals surface area contributed by atoms with Crippen LogP contribution in [0, 0.1) is 11.8 Å². The first-order chi connectivity index (χ1) is 18.3. The SMILES string of the molecule is CO[C@]12C=C[C@H](CC1)C[C@H]2C=C1S(=O)(=O)c2ccc3ccccc3c2-c2c(ccc3ccccc23)S1(=O)=O. The topological polar surface area (TPSA) is 77.5 Å². The zero-order valence-corrected chi connectivity index (χ0v) is 22.4. The van der Waals surface area contributed by atoms with E-state index in [4.69, 9.17) is 4.74 Å². The molecular formula is C31H26O5S2. The van der Waals surface area contributed by atoms with Crippen LogP contribution >= 0.6 is 0 Å². The third kappa shape index (κ3) is 3.19. The Morgan fingerprint density at radius 3 is 1.84 bits per heavy atom. The average Bonchev–Trinajstić information content (AvgIpc) is 3.00. The van der Waals surface area contributed by atoms with Crippen molar-refractivity contribution in [3.63, 3.8) is 0 Å². The minimum Gasteiger partial charge on any atom is -0.374 e. The number of methoxy groups -OCH3 is 1. The summed E-state index contributed by atoms with van der Waals surface area (Å²) >= 11 is 0. The number of fused-ring (bicyclic) bond motifs is 9. The molecule has 1 aliphatic heterocycles. The first kappa shape index (κ1) is 23.8. The molecule has 7 heteroatoms. The lowest BCUT2D eigenvalue weighted by atomic mass is 9.66. The van der Waals surface area contributed by atoms with E-state index in [2.05, 4.69) is 6.08 Å². The van der Waals surface area contributed by atoms with Crippen molar-refractivity contribution in [2.24, 2.45) is 11.8 Å². The van der Waals surface area contributed by atoms with Crippen LogP contribution in [0.25, 0.3) is 32.7 Å². The van der Waals surface area contributed by atoms with E-state index in [1.807, 2.05) is 54.6 Å². The zero-order chi connectivity index (χ0) is 26.3. The molecule has 4 aromatic rings. The van der Waals surface area contributed by atoms with Crippen LogP contribution in [0.5, 0.6) is 0 Å². The quantitative estimate of drug-likeness (QED) is 0.273. The van der Waals surface area contributed by atoms with Gasteiger partial charge < -0.3 is 4.74 Å². The number of rotatable bonds is 2. The second-order valence-corrected chi connectivity index (χ2v) is 14.5. The molecule has 2 bridgehead atoms. The average molecular weight is 543 g/mol. The molecule has 0 saturated heterocycles. The van der Waals surface area contributed by atoms with Crippen LogP contribution in [0.15, 0.2) is 105 Å². The van der Waals surface area contributed by atoms with E-state index < -0.39 is 29.5 Å². The maximum absolute atomic E-state index is 14.5. The highest BCUT2D eigenvalue weighted by Crippen LogP contribution is 2.51. The Morgan fingerprint density at radius 1 is 0.789 bits per heavy atom. The van der Waals surface area contributed by atoms with Gasteiger partial charge in [-0.3, -0.25) is 0 Å². The van der Waals surface area contributed by atoms with Gasteiger partial charge in [0.2, 0.25) is 19.7 Å². The molecular weight excluding hydrogens is 516 g/mol. The van der Waals surface area contributed by atoms with Gasteiger partial charge in [-0.1, -0.05) is 72.8 Å². The Hall–Kier alpha value is -3.26. The lowest BCUT2D eigenvalue weighted by molar-refractivity contribution is -0.0445. The summed E-state index contributed by atoms with van der Waals surface area (Å²) in [7, 11) is -7.21. The summed E-state index contributed by atoms with van der Waals surface area (Å²) in [5.41, 5.74) is 0.166. The monoisotopic (exact) mass is 542 g/mol. The van der Waals surface area contributed by atoms with Gasteiger partial charge in [0, 0.05) is 24.2 Å². The van der Waals surface area contributed by atoms with Crippen LogP contribution in [-0.2, 0) is 24.4 Å². The molecule has 0 spiro atoms. The third-order valence-corrected chi connectivity index (χ3v) is 13.1. The Morgan fingerprint density at radius 2 is 1.34 bits per heavy atom. The van der Waals surface area contributed by atoms with Gasteiger partial charge >= 0.3 is 0 Å². The van der Waals surface area contributed by atoms with Crippen LogP contribution in [0.1, 0.15) is 19.3 Å². The molecule has 192 valence electrons. The molecule has 1 heterocycles. The maximum Gasteiger partial charge on any atom is 0.218 e. The van der Waals surface area contributed by atoms with E-state index in [1.165, 1.54) is 6.08 Å². The van der Waals surface area contributed by atoms with Crippen molar-refractivity contribution in [1.82, 2.24) is 0 Å². The van der Waals surface area contributed by atoms with Gasteiger partial charge in [-0.15, -0.1) is 0 Å². The van der Waals surface area contributed by atoms with Crippen LogP contribution in [0.2, 0.25) is 0 Å². The Bertz CT molecular complexity index is 1820. The molecule has 5 nitrogen and oxygen atoms in total. The first-order valence-electron chi connectivity index (χ1n) is 12.8. The smallest absolute Gasteiger partial charge is 0.218 e. The number of allylic oxidation sites excluding steroid dienone is 1. The fourth-order valence-electron chi connectivity index (χ4n) is 6.62. The van der Waals surface area contributed by atoms with E-state index in [0.717, 1.165) is 23.6 Å². The van der Waals surface area contributed by atoms with E-state index >= 15 is 0 Å². The number of hydrogen-bond donors (Lipinski definition) is 0. The normalized spacial score (nSPS) is 26.6. The molecule has 0 radical (unpaired) electrons. The van der Waals surface area contributed by atoms with Crippen molar-refractivity contribution >= 4 is 41.2 Å². The van der Waals surface area contributed by atoms with Crippen LogP contribution in [-0.4, -0.2) is 29.5 Å². The zero-order valence-electron chi connectivity index (χ0n) is 20.8. The number of ether oxygens (including phenoxy) is 1. The summed E-state index contributed by atoms with van der Waals surface area (Å²) in [4.78, 5) is 0.0354. The lowest BCUT2D eigenvalue weighted by Gasteiger charge is -2.46. The first-order valence-corrected chi connectivity index (χ1v) is 15.7. The summed E-state index contributed by atoms with van der Waals surface area (Å²) < 4.78 is 63.2. The van der Waals surface area contributed by atoms with Crippen LogP contribution in [0.4, 0.5) is 0 Å². The highest BCUT2D eigenvalue weighted by Gasteiger charge is 2.47. The standard InChI is InChI=1S/C31H26O5S2/c1-36-31-16-14-20(15-17-31)18-23(31)19-28-37(32,33)26-12-10-21-6-2-4-8-24(21)29(26)30-25-9-5-3-7-22(25)11-13-27(30)38(28,34)35/h2-14,16,19-20,23H,15,17-18H2,1H3/t20-,23+,31-/m1/s1. The van der Waals surface area contributed by atoms with Gasteiger partial charge in [0.05, 0.1) is 15.4 Å². The largest absolute Gasteiger partial charge is 0.374 e. The summed E-state index contributed by atoms with van der Waals surface area (Å²) in [6.45, 7) is 0. The molecule has 1 saturated carbocycles. The molecule has 0 aromatic heterocycles. The predicted molar refractivity (Wildman–Crippen MR) is 149 cm³/mol. The van der Waals surface area contributed by atoms with Gasteiger partial charge in [-0.2, -0.15) is 0 Å². The third-order valence-electron chi connectivity index (χ3n) is 8.60. The van der Waals surface area contributed by atoms with Crippen molar-refractivity contribution in [2.75, 3.05) is 7.11 Å². The maximum atomic E-state index is 14.5. The molecule has 3 atom stereocenters. The lowest BCUT2D eigenvalue weighted by Crippen LogP contribution is -2.45. The van der Waals surface area contributed by atoms with Crippen LogP contribution < -0.4 is 0 Å². The summed E-state index contributed by atoms with van der Waals surface area (Å²) in [6, 6.07) is 21.7. The molecule has 3 aliphatic carbocycles. The number of benzene rings is 4. The molecule has 1 fully saturated rings. The van der Waals surface area contributed by atoms with Crippen molar-refractivity contribution in [2.45, 2.75) is 34.7 Å². The Balaban J connectivity index is 1.63. The number of hydrogen-bond acceptors (Lipinski definition) is 5. The Kier molecular flexibility index (Phi) is 5.09. The minimum absolute atomic E-state index is 0.0177. The second-order valence-electron chi connectivity index (χ2n) is 10.5. The molecule has 4 aliphatic rings. The van der Waals surface area contributed by atoms with E-state index in [9.17, 15) is 16.8 Å². The second kappa shape index (κ2) is 8.12. The van der Waals surface area contributed by atoms with Crippen molar-refractivity contribution < 1.29 is 21.6 Å². The highest BCUT2D eigenvalue weighted by molar-refractivity contribution is 8.14. The van der Waals surface area contributed by atoms with Gasteiger partial charge in [-0.25, -0.2) is 16.8 Å². The highest BCUT2D eigenvalue weighted by atomic mass is 32.3. The van der Waals surface area contributed by atoms with E-state index in [-0.39, 0.29) is 21.6 Å². The Labute approximate surface area is 222 Å². The van der Waals surface area contributed by atoms with Crippen molar-refractivity contribution in [3.05, 3.63) is 95.3 Å². The molecule has 0 N–H and O–H groups in total. The molecule has 4 aromatic carbocycles. The van der Waals surface area contributed by atoms with Gasteiger partial charge in [0.1, 0.15) is 0 Å². The fraction of sp³-hybridized carbons (Fsp3) is 0.226. The van der Waals surface area contributed by atoms with E-state index in [0.29, 0.717) is 28.3 Å². The molecule has 0 unspecified atom stereocenters. The number of sulfone groups is 2. The minimum atomic E-state index is -4.41. The van der Waals surface area contributed by atoms with Gasteiger partial charge in [0.25, 0.3) is 0 Å². The fourth-order valence-corrected chi connectivity index (χ4v) is 10.9. The molecule has 8 rings (SSSR count).